The Morgan fingerprint density at radius 2 is 2.04 bits per heavy atom. The van der Waals surface area contributed by atoms with Crippen LogP contribution in [0.1, 0.15) is 32.3 Å². The van der Waals surface area contributed by atoms with Gasteiger partial charge in [-0.1, -0.05) is 37.3 Å². The molecule has 1 saturated heterocycles. The molecule has 1 heterocycles. The lowest BCUT2D eigenvalue weighted by Gasteiger charge is -2.36. The Kier molecular flexibility index (Phi) is 5.83. The van der Waals surface area contributed by atoms with Crippen LogP contribution in [0.4, 0.5) is 4.79 Å². The van der Waals surface area contributed by atoms with Crippen molar-refractivity contribution in [2.45, 2.75) is 44.9 Å². The molecule has 0 saturated carbocycles. The minimum absolute atomic E-state index is 0.0994. The molecular formula is C18H26N2O4. The van der Waals surface area contributed by atoms with E-state index in [4.69, 9.17) is 4.74 Å². The number of rotatable bonds is 6. The first kappa shape index (κ1) is 18.3. The molecule has 1 amide bonds. The largest absolute Gasteiger partial charge is 0.479 e. The number of aliphatic carboxylic acids is 1. The van der Waals surface area contributed by atoms with Gasteiger partial charge in [0.2, 0.25) is 0 Å². The molecule has 0 bridgehead atoms. The fraction of sp³-hybridized carbons (Fsp3) is 0.556. The summed E-state index contributed by atoms with van der Waals surface area (Å²) in [6, 6.07) is 9.48. The molecule has 6 nitrogen and oxygen atoms in total. The van der Waals surface area contributed by atoms with Crippen LogP contribution in [0.25, 0.3) is 0 Å². The third kappa shape index (κ3) is 3.70. The van der Waals surface area contributed by atoms with Crippen LogP contribution in [0.3, 0.4) is 0 Å². The fourth-order valence-electron chi connectivity index (χ4n) is 3.24. The Bertz CT molecular complexity index is 566. The van der Waals surface area contributed by atoms with Gasteiger partial charge in [-0.3, -0.25) is 4.90 Å². The highest BCUT2D eigenvalue weighted by Crippen LogP contribution is 2.33. The molecule has 1 aliphatic rings. The van der Waals surface area contributed by atoms with E-state index in [-0.39, 0.29) is 12.6 Å². The number of carbonyl (C=O) groups is 2. The van der Waals surface area contributed by atoms with Gasteiger partial charge in [0, 0.05) is 19.1 Å². The van der Waals surface area contributed by atoms with Crippen molar-refractivity contribution in [1.82, 2.24) is 9.80 Å². The van der Waals surface area contributed by atoms with E-state index < -0.39 is 17.6 Å². The van der Waals surface area contributed by atoms with Gasteiger partial charge in [0.25, 0.3) is 0 Å². The minimum Gasteiger partial charge on any atom is -0.479 e. The summed E-state index contributed by atoms with van der Waals surface area (Å²) in [7, 11) is 1.88. The number of likely N-dealkylation sites (tertiary alicyclic amines) is 1. The van der Waals surface area contributed by atoms with E-state index in [1.807, 2.05) is 56.1 Å². The van der Waals surface area contributed by atoms with Gasteiger partial charge >= 0.3 is 12.1 Å². The summed E-state index contributed by atoms with van der Waals surface area (Å²) in [4.78, 5) is 28.0. The minimum atomic E-state index is -1.22. The van der Waals surface area contributed by atoms with Crippen molar-refractivity contribution in [3.05, 3.63) is 35.9 Å². The lowest BCUT2D eigenvalue weighted by Crippen LogP contribution is -2.59. The number of carbonyl (C=O) groups excluding carboxylic acids is 1. The van der Waals surface area contributed by atoms with Gasteiger partial charge in [0.05, 0.1) is 0 Å². The Balaban J connectivity index is 2.17. The van der Waals surface area contributed by atoms with Crippen molar-refractivity contribution in [3.8, 4) is 0 Å². The van der Waals surface area contributed by atoms with Crippen LogP contribution in [-0.2, 0) is 16.1 Å². The molecule has 2 unspecified atom stereocenters. The van der Waals surface area contributed by atoms with Crippen LogP contribution in [-0.4, -0.2) is 58.7 Å². The average Bonchev–Trinajstić information content (AvgIpc) is 2.87. The standard InChI is InChI=1S/C18H26N2O4/c1-4-10-20(17(23)24-12-15-8-6-5-7-9-15)18(16(21)22)11-14(2)19(3)13-18/h5-9,14H,4,10-13H2,1-3H3,(H,21,22). The normalized spacial score (nSPS) is 23.9. The van der Waals surface area contributed by atoms with E-state index in [1.54, 1.807) is 0 Å². The second kappa shape index (κ2) is 7.66. The third-order valence-electron chi connectivity index (χ3n) is 4.68. The molecule has 2 rings (SSSR count). The van der Waals surface area contributed by atoms with Gasteiger partial charge in [-0.05, 0) is 32.4 Å². The van der Waals surface area contributed by atoms with Crippen molar-refractivity contribution in [1.29, 1.82) is 0 Å². The molecule has 1 aliphatic heterocycles. The number of ether oxygens (including phenoxy) is 1. The summed E-state index contributed by atoms with van der Waals surface area (Å²) in [5, 5.41) is 9.85. The number of likely N-dealkylation sites (N-methyl/N-ethyl adjacent to an activating group) is 1. The molecule has 132 valence electrons. The number of nitrogens with zero attached hydrogens (tertiary/aromatic N) is 2. The molecule has 1 aromatic rings. The number of carboxylic acid groups (broad SMARTS) is 1. The summed E-state index contributed by atoms with van der Waals surface area (Å²) in [6.45, 7) is 4.71. The van der Waals surface area contributed by atoms with Gasteiger partial charge < -0.3 is 14.7 Å². The molecule has 1 aromatic carbocycles. The molecule has 1 N–H and O–H groups in total. The van der Waals surface area contributed by atoms with Crippen LogP contribution >= 0.6 is 0 Å². The monoisotopic (exact) mass is 334 g/mol. The van der Waals surface area contributed by atoms with Gasteiger partial charge in [-0.25, -0.2) is 9.59 Å². The van der Waals surface area contributed by atoms with E-state index in [2.05, 4.69) is 0 Å². The second-order valence-corrected chi connectivity index (χ2v) is 6.50. The molecule has 0 radical (unpaired) electrons. The van der Waals surface area contributed by atoms with Gasteiger partial charge in [0.1, 0.15) is 6.61 Å². The molecular weight excluding hydrogens is 308 g/mol. The van der Waals surface area contributed by atoms with Crippen LogP contribution < -0.4 is 0 Å². The molecule has 0 aliphatic carbocycles. The Labute approximate surface area is 143 Å². The van der Waals surface area contributed by atoms with E-state index >= 15 is 0 Å². The smallest absolute Gasteiger partial charge is 0.411 e. The van der Waals surface area contributed by atoms with E-state index in [0.29, 0.717) is 25.9 Å². The number of hydrogen-bond acceptors (Lipinski definition) is 4. The zero-order chi connectivity index (χ0) is 17.7. The topological polar surface area (TPSA) is 70.1 Å². The number of benzene rings is 1. The van der Waals surface area contributed by atoms with Crippen LogP contribution in [0, 0.1) is 0 Å². The second-order valence-electron chi connectivity index (χ2n) is 6.50. The fourth-order valence-corrected chi connectivity index (χ4v) is 3.24. The van der Waals surface area contributed by atoms with Gasteiger partial charge in [-0.2, -0.15) is 0 Å². The zero-order valence-electron chi connectivity index (χ0n) is 14.6. The van der Waals surface area contributed by atoms with E-state index in [0.717, 1.165) is 5.56 Å². The SMILES string of the molecule is CCCN(C(=O)OCc1ccccc1)C1(C(=O)O)CC(C)N(C)C1. The molecule has 0 aromatic heterocycles. The number of amides is 1. The first-order valence-corrected chi connectivity index (χ1v) is 8.32. The van der Waals surface area contributed by atoms with E-state index in [9.17, 15) is 14.7 Å². The van der Waals surface area contributed by atoms with Crippen molar-refractivity contribution >= 4 is 12.1 Å². The summed E-state index contributed by atoms with van der Waals surface area (Å²) in [6.07, 6.45) is 0.512. The predicted molar refractivity (Wildman–Crippen MR) is 90.7 cm³/mol. The number of carboxylic acids is 1. The maximum absolute atomic E-state index is 12.6. The highest BCUT2D eigenvalue weighted by molar-refractivity contribution is 5.85. The maximum Gasteiger partial charge on any atom is 0.411 e. The zero-order valence-corrected chi connectivity index (χ0v) is 14.6. The molecule has 1 fully saturated rings. The number of hydrogen-bond donors (Lipinski definition) is 1. The molecule has 24 heavy (non-hydrogen) atoms. The highest BCUT2D eigenvalue weighted by atomic mass is 16.6. The highest BCUT2D eigenvalue weighted by Gasteiger charge is 2.53. The Hall–Kier alpha value is -2.08. The molecule has 0 spiro atoms. The maximum atomic E-state index is 12.6. The van der Waals surface area contributed by atoms with Crippen LogP contribution in [0.2, 0.25) is 0 Å². The van der Waals surface area contributed by atoms with Crippen molar-refractivity contribution in [2.75, 3.05) is 20.1 Å². The summed E-state index contributed by atoms with van der Waals surface area (Å²) in [5.74, 6) is -0.969. The quantitative estimate of drug-likeness (QED) is 0.866. The predicted octanol–water partition coefficient (Wildman–Crippen LogP) is 2.58. The summed E-state index contributed by atoms with van der Waals surface area (Å²) >= 11 is 0. The van der Waals surface area contributed by atoms with Crippen LogP contribution in [0.5, 0.6) is 0 Å². The first-order chi connectivity index (χ1) is 11.4. The lowest BCUT2D eigenvalue weighted by molar-refractivity contribution is -0.150. The summed E-state index contributed by atoms with van der Waals surface area (Å²) < 4.78 is 5.41. The van der Waals surface area contributed by atoms with Gasteiger partial charge in [-0.15, -0.1) is 0 Å². The van der Waals surface area contributed by atoms with Crippen molar-refractivity contribution < 1.29 is 19.4 Å². The Morgan fingerprint density at radius 3 is 2.54 bits per heavy atom. The Morgan fingerprint density at radius 1 is 1.38 bits per heavy atom. The summed E-state index contributed by atoms with van der Waals surface area (Å²) in [5.41, 5.74) is -0.346. The lowest BCUT2D eigenvalue weighted by atomic mass is 9.94. The van der Waals surface area contributed by atoms with E-state index in [1.165, 1.54) is 4.90 Å². The molecule has 2 atom stereocenters. The first-order valence-electron chi connectivity index (χ1n) is 8.32. The van der Waals surface area contributed by atoms with Crippen molar-refractivity contribution in [3.63, 3.8) is 0 Å². The van der Waals surface area contributed by atoms with Gasteiger partial charge in [0.15, 0.2) is 5.54 Å². The molecule has 6 heteroatoms. The third-order valence-corrected chi connectivity index (χ3v) is 4.68. The van der Waals surface area contributed by atoms with Crippen molar-refractivity contribution in [2.24, 2.45) is 0 Å². The average molecular weight is 334 g/mol. The van der Waals surface area contributed by atoms with Crippen LogP contribution in [0.15, 0.2) is 30.3 Å².